The molecule has 0 radical (unpaired) electrons. The SMILES string of the molecule is COc1cc(C(=O)NCC(O)(c2cc3c(c(-c4ccc(C(C)O)cc4)n2)OCC3(C)N)C(F)(F)F)ccc1OCCCO. The third-order valence-electron chi connectivity index (χ3n) is 7.15. The molecule has 0 spiro atoms. The first-order chi connectivity index (χ1) is 20.2. The molecule has 1 aliphatic heterocycles. The van der Waals surface area contributed by atoms with E-state index in [2.05, 4.69) is 10.3 Å². The largest absolute Gasteiger partial charge is 0.493 e. The molecule has 3 unspecified atom stereocenters. The van der Waals surface area contributed by atoms with Crippen LogP contribution in [-0.2, 0) is 11.1 Å². The lowest BCUT2D eigenvalue weighted by Gasteiger charge is -2.31. The molecule has 1 amide bonds. The topological polar surface area (TPSA) is 156 Å². The van der Waals surface area contributed by atoms with Crippen molar-refractivity contribution in [1.29, 1.82) is 0 Å². The Labute approximate surface area is 246 Å². The summed E-state index contributed by atoms with van der Waals surface area (Å²) in [6, 6.07) is 11.4. The lowest BCUT2D eigenvalue weighted by Crippen LogP contribution is -2.51. The number of carbonyl (C=O) groups is 1. The Morgan fingerprint density at radius 3 is 2.49 bits per heavy atom. The fraction of sp³-hybridized carbons (Fsp3) is 0.400. The molecule has 1 aliphatic rings. The predicted molar refractivity (Wildman–Crippen MR) is 150 cm³/mol. The normalized spacial score (nSPS) is 18.3. The zero-order chi connectivity index (χ0) is 31.6. The number of ether oxygens (including phenoxy) is 3. The number of benzene rings is 2. The number of methoxy groups -OCH3 is 1. The van der Waals surface area contributed by atoms with E-state index < -0.39 is 41.6 Å². The molecule has 13 heteroatoms. The highest BCUT2D eigenvalue weighted by Gasteiger charge is 2.57. The number of aliphatic hydroxyl groups is 3. The minimum absolute atomic E-state index is 0.0225. The third-order valence-corrected chi connectivity index (χ3v) is 7.15. The molecule has 4 rings (SSSR count). The van der Waals surface area contributed by atoms with Gasteiger partial charge in [0.25, 0.3) is 5.91 Å². The van der Waals surface area contributed by atoms with Crippen LogP contribution in [0.4, 0.5) is 13.2 Å². The molecule has 0 bridgehead atoms. The number of hydrogen-bond acceptors (Lipinski definition) is 9. The van der Waals surface area contributed by atoms with Crippen molar-refractivity contribution in [3.8, 4) is 28.5 Å². The van der Waals surface area contributed by atoms with Crippen molar-refractivity contribution in [2.45, 2.75) is 43.7 Å². The summed E-state index contributed by atoms with van der Waals surface area (Å²) in [6.45, 7) is 1.96. The molecule has 10 nitrogen and oxygen atoms in total. The number of aliphatic hydroxyl groups excluding tert-OH is 2. The molecule has 6 N–H and O–H groups in total. The molecule has 0 aliphatic carbocycles. The maximum Gasteiger partial charge on any atom is 0.424 e. The second-order valence-corrected chi connectivity index (χ2v) is 10.6. The predicted octanol–water partition coefficient (Wildman–Crippen LogP) is 3.32. The molecule has 2 heterocycles. The van der Waals surface area contributed by atoms with Gasteiger partial charge in [0.15, 0.2) is 17.2 Å². The summed E-state index contributed by atoms with van der Waals surface area (Å²) < 4.78 is 60.3. The van der Waals surface area contributed by atoms with Crippen molar-refractivity contribution >= 4 is 5.91 Å². The van der Waals surface area contributed by atoms with Crippen LogP contribution in [-0.4, -0.2) is 65.9 Å². The molecule has 0 fully saturated rings. The minimum atomic E-state index is -5.26. The van der Waals surface area contributed by atoms with Gasteiger partial charge in [-0.1, -0.05) is 24.3 Å². The highest BCUT2D eigenvalue weighted by Crippen LogP contribution is 2.46. The van der Waals surface area contributed by atoms with Crippen LogP contribution in [0.15, 0.2) is 48.5 Å². The van der Waals surface area contributed by atoms with Gasteiger partial charge in [-0.15, -0.1) is 0 Å². The number of amides is 1. The second kappa shape index (κ2) is 12.4. The van der Waals surface area contributed by atoms with Crippen LogP contribution < -0.4 is 25.3 Å². The first-order valence-corrected chi connectivity index (χ1v) is 13.5. The smallest absolute Gasteiger partial charge is 0.424 e. The molecule has 1 aromatic heterocycles. The number of alkyl halides is 3. The molecule has 3 aromatic rings. The summed E-state index contributed by atoms with van der Waals surface area (Å²) in [7, 11) is 1.34. The zero-order valence-electron chi connectivity index (χ0n) is 23.9. The highest BCUT2D eigenvalue weighted by atomic mass is 19.4. The molecule has 232 valence electrons. The fourth-order valence-corrected chi connectivity index (χ4v) is 4.55. The van der Waals surface area contributed by atoms with Crippen LogP contribution in [0.2, 0.25) is 0 Å². The van der Waals surface area contributed by atoms with Crippen molar-refractivity contribution in [2.24, 2.45) is 5.73 Å². The van der Waals surface area contributed by atoms with Gasteiger partial charge < -0.3 is 40.6 Å². The van der Waals surface area contributed by atoms with Crippen LogP contribution in [0.5, 0.6) is 17.2 Å². The Morgan fingerprint density at radius 2 is 1.88 bits per heavy atom. The Hall–Kier alpha value is -3.91. The van der Waals surface area contributed by atoms with Crippen LogP contribution in [0.1, 0.15) is 53.6 Å². The monoisotopic (exact) mass is 605 g/mol. The third kappa shape index (κ3) is 6.54. The van der Waals surface area contributed by atoms with Crippen molar-refractivity contribution in [3.05, 3.63) is 70.9 Å². The number of fused-ring (bicyclic) bond motifs is 1. The fourth-order valence-electron chi connectivity index (χ4n) is 4.55. The first kappa shape index (κ1) is 32.0. The number of nitrogens with zero attached hydrogens (tertiary/aromatic N) is 1. The Kier molecular flexibility index (Phi) is 9.21. The average Bonchev–Trinajstić information content (AvgIpc) is 3.29. The maximum absolute atomic E-state index is 14.6. The van der Waals surface area contributed by atoms with E-state index in [1.165, 1.54) is 25.3 Å². The van der Waals surface area contributed by atoms with Gasteiger partial charge in [-0.2, -0.15) is 13.2 Å². The van der Waals surface area contributed by atoms with E-state index in [0.29, 0.717) is 17.5 Å². The van der Waals surface area contributed by atoms with Gasteiger partial charge in [0.2, 0.25) is 5.60 Å². The van der Waals surface area contributed by atoms with Crippen molar-refractivity contribution < 1.29 is 47.5 Å². The highest BCUT2D eigenvalue weighted by molar-refractivity contribution is 5.95. The van der Waals surface area contributed by atoms with Crippen LogP contribution in [0.25, 0.3) is 11.3 Å². The number of aromatic nitrogens is 1. The molecule has 2 aromatic carbocycles. The van der Waals surface area contributed by atoms with Gasteiger partial charge in [0.1, 0.15) is 12.3 Å². The number of nitrogens with two attached hydrogens (primary N) is 1. The Balaban J connectivity index is 1.70. The Morgan fingerprint density at radius 1 is 1.19 bits per heavy atom. The zero-order valence-corrected chi connectivity index (χ0v) is 23.9. The van der Waals surface area contributed by atoms with Gasteiger partial charge in [0, 0.05) is 29.7 Å². The number of halogens is 3. The molecule has 0 saturated carbocycles. The molecule has 0 saturated heterocycles. The van der Waals surface area contributed by atoms with Gasteiger partial charge in [0.05, 0.1) is 37.6 Å². The van der Waals surface area contributed by atoms with E-state index in [0.717, 1.165) is 6.07 Å². The van der Waals surface area contributed by atoms with Crippen molar-refractivity contribution in [3.63, 3.8) is 0 Å². The minimum Gasteiger partial charge on any atom is -0.493 e. The molecule has 43 heavy (non-hydrogen) atoms. The summed E-state index contributed by atoms with van der Waals surface area (Å²) in [5.41, 5.74) is 1.92. The molecular formula is C30H34F3N3O7. The maximum atomic E-state index is 14.6. The average molecular weight is 606 g/mol. The number of rotatable bonds is 11. The van der Waals surface area contributed by atoms with E-state index in [1.807, 2.05) is 0 Å². The van der Waals surface area contributed by atoms with E-state index in [9.17, 15) is 28.2 Å². The van der Waals surface area contributed by atoms with E-state index in [1.54, 1.807) is 38.1 Å². The lowest BCUT2D eigenvalue weighted by molar-refractivity contribution is -0.265. The van der Waals surface area contributed by atoms with Gasteiger partial charge in [-0.25, -0.2) is 4.98 Å². The number of carbonyl (C=O) groups excluding carboxylic acids is 1. The van der Waals surface area contributed by atoms with E-state index in [-0.39, 0.29) is 53.9 Å². The van der Waals surface area contributed by atoms with Gasteiger partial charge in [-0.05, 0) is 43.7 Å². The summed E-state index contributed by atoms with van der Waals surface area (Å²) in [5, 5.41) is 32.1. The molecule has 3 atom stereocenters. The van der Waals surface area contributed by atoms with Gasteiger partial charge in [-0.3, -0.25) is 4.79 Å². The van der Waals surface area contributed by atoms with Crippen LogP contribution >= 0.6 is 0 Å². The summed E-state index contributed by atoms with van der Waals surface area (Å²) in [6.07, 6.45) is -5.67. The lowest BCUT2D eigenvalue weighted by atomic mass is 9.89. The van der Waals surface area contributed by atoms with E-state index in [4.69, 9.17) is 25.1 Å². The quantitative estimate of drug-likeness (QED) is 0.207. The number of pyridine rings is 1. The van der Waals surface area contributed by atoms with Crippen LogP contribution in [0, 0.1) is 0 Å². The summed E-state index contributed by atoms with van der Waals surface area (Å²) in [4.78, 5) is 17.2. The Bertz CT molecular complexity index is 1460. The van der Waals surface area contributed by atoms with Crippen LogP contribution in [0.3, 0.4) is 0 Å². The molecular weight excluding hydrogens is 571 g/mol. The van der Waals surface area contributed by atoms with Crippen molar-refractivity contribution in [1.82, 2.24) is 10.3 Å². The van der Waals surface area contributed by atoms with E-state index >= 15 is 0 Å². The number of hydrogen-bond donors (Lipinski definition) is 5. The summed E-state index contributed by atoms with van der Waals surface area (Å²) in [5.74, 6) is -0.293. The second-order valence-electron chi connectivity index (χ2n) is 10.6. The van der Waals surface area contributed by atoms with Gasteiger partial charge >= 0.3 is 6.18 Å². The van der Waals surface area contributed by atoms with Crippen molar-refractivity contribution in [2.75, 3.05) is 33.5 Å². The summed E-state index contributed by atoms with van der Waals surface area (Å²) >= 11 is 0. The number of nitrogens with one attached hydrogen (secondary N) is 1. The first-order valence-electron chi connectivity index (χ1n) is 13.5. The standard InChI is InChI=1S/C30H34F3N3O7/c1-17(38)18-5-7-19(8-6-18)25-26-21(28(2,34)16-43-26)14-24(36-25)29(40,30(31,32)33)15-35-27(39)20-9-10-22(23(13-20)41-3)42-12-4-11-37/h5-10,13-14,17,37-38,40H,4,11-12,15-16,34H2,1-3H3,(H,35,39).